The Kier molecular flexibility index (Phi) is 4.75. The zero-order valence-electron chi connectivity index (χ0n) is 11.5. The number of alkyl halides is 6. The van der Waals surface area contributed by atoms with E-state index in [0.717, 1.165) is 12.1 Å². The topological polar surface area (TPSA) is 42.0 Å². The van der Waals surface area contributed by atoms with Crippen molar-refractivity contribution < 1.29 is 31.1 Å². The maximum atomic E-state index is 12.6. The maximum absolute atomic E-state index is 12.6. The summed E-state index contributed by atoms with van der Waals surface area (Å²) in [5.41, 5.74) is -2.88. The average molecular weight is 369 g/mol. The molecule has 1 aromatic heterocycles. The summed E-state index contributed by atoms with van der Waals surface area (Å²) in [7, 11) is 0. The molecule has 0 saturated heterocycles. The molecule has 1 amide bonds. The average Bonchev–Trinajstić information content (AvgIpc) is 2.45. The summed E-state index contributed by atoms with van der Waals surface area (Å²) in [6, 6.07) is 4.25. The van der Waals surface area contributed by atoms with Crippen molar-refractivity contribution in [2.45, 2.75) is 12.4 Å². The highest BCUT2D eigenvalue weighted by atomic mass is 35.5. The van der Waals surface area contributed by atoms with E-state index in [1.165, 1.54) is 6.07 Å². The van der Waals surface area contributed by atoms with Crippen molar-refractivity contribution in [3.05, 3.63) is 58.4 Å². The molecule has 2 aromatic rings. The predicted octanol–water partition coefficient (Wildman–Crippen LogP) is 5.02. The van der Waals surface area contributed by atoms with Gasteiger partial charge in [-0.25, -0.2) is 4.98 Å². The first-order chi connectivity index (χ1) is 11.0. The zero-order valence-corrected chi connectivity index (χ0v) is 12.2. The molecule has 2 rings (SSSR count). The Labute approximate surface area is 136 Å². The molecule has 3 nitrogen and oxygen atoms in total. The molecule has 0 aliphatic rings. The lowest BCUT2D eigenvalue weighted by Gasteiger charge is -2.11. The normalized spacial score (nSPS) is 12.1. The van der Waals surface area contributed by atoms with Crippen LogP contribution in [0.5, 0.6) is 0 Å². The molecule has 128 valence electrons. The number of benzene rings is 1. The van der Waals surface area contributed by atoms with Crippen LogP contribution in [0.3, 0.4) is 0 Å². The molecule has 0 fully saturated rings. The first kappa shape index (κ1) is 18.1. The van der Waals surface area contributed by atoms with E-state index < -0.39 is 40.1 Å². The fourth-order valence-corrected chi connectivity index (χ4v) is 1.98. The van der Waals surface area contributed by atoms with Gasteiger partial charge >= 0.3 is 12.4 Å². The standard InChI is InChI=1S/C14H7ClF6N2O/c15-10-5-8(14(19,20)21)6-22-11(10)12(24)23-9-3-1-2-7(4-9)13(16,17)18/h1-6H,(H,23,24). The summed E-state index contributed by atoms with van der Waals surface area (Å²) >= 11 is 5.60. The van der Waals surface area contributed by atoms with Crippen molar-refractivity contribution in [2.24, 2.45) is 0 Å². The van der Waals surface area contributed by atoms with E-state index in [1.807, 2.05) is 0 Å². The van der Waals surface area contributed by atoms with E-state index in [9.17, 15) is 31.1 Å². The second-order valence-electron chi connectivity index (χ2n) is 4.58. The number of anilines is 1. The number of rotatable bonds is 2. The highest BCUT2D eigenvalue weighted by Gasteiger charge is 2.32. The van der Waals surface area contributed by atoms with Crippen LogP contribution in [0.1, 0.15) is 21.6 Å². The molecule has 1 heterocycles. The molecular weight excluding hydrogens is 362 g/mol. The number of nitrogens with one attached hydrogen (secondary N) is 1. The third-order valence-electron chi connectivity index (χ3n) is 2.83. The third-order valence-corrected chi connectivity index (χ3v) is 3.12. The molecule has 0 saturated carbocycles. The number of hydrogen-bond donors (Lipinski definition) is 1. The first-order valence-corrected chi connectivity index (χ1v) is 6.57. The molecule has 1 aromatic carbocycles. The Hall–Kier alpha value is -2.29. The maximum Gasteiger partial charge on any atom is 0.417 e. The summed E-state index contributed by atoms with van der Waals surface area (Å²) in [6.45, 7) is 0. The summed E-state index contributed by atoms with van der Waals surface area (Å²) in [6.07, 6.45) is -8.88. The van der Waals surface area contributed by atoms with Crippen LogP contribution in [0, 0.1) is 0 Å². The number of halogens is 7. The molecule has 0 unspecified atom stereocenters. The van der Waals surface area contributed by atoms with Crippen LogP contribution in [0.2, 0.25) is 5.02 Å². The lowest BCUT2D eigenvalue weighted by molar-refractivity contribution is -0.138. The number of amides is 1. The van der Waals surface area contributed by atoms with Gasteiger partial charge in [0.2, 0.25) is 0 Å². The monoisotopic (exact) mass is 368 g/mol. The van der Waals surface area contributed by atoms with Gasteiger partial charge in [0.05, 0.1) is 16.1 Å². The second kappa shape index (κ2) is 6.31. The van der Waals surface area contributed by atoms with Crippen LogP contribution in [0.4, 0.5) is 32.0 Å². The lowest BCUT2D eigenvalue weighted by Crippen LogP contribution is -2.16. The van der Waals surface area contributed by atoms with Crippen molar-refractivity contribution in [2.75, 3.05) is 5.32 Å². The van der Waals surface area contributed by atoms with E-state index in [-0.39, 0.29) is 5.69 Å². The Morgan fingerprint density at radius 1 is 1.00 bits per heavy atom. The van der Waals surface area contributed by atoms with Gasteiger partial charge in [0.15, 0.2) is 0 Å². The summed E-state index contributed by atoms with van der Waals surface area (Å²) < 4.78 is 75.3. The molecule has 0 aliphatic carbocycles. The minimum absolute atomic E-state index is 0.201. The fraction of sp³-hybridized carbons (Fsp3) is 0.143. The van der Waals surface area contributed by atoms with Gasteiger partial charge in [0.25, 0.3) is 5.91 Å². The number of pyridine rings is 1. The molecular formula is C14H7ClF6N2O. The van der Waals surface area contributed by atoms with Crippen LogP contribution in [0.25, 0.3) is 0 Å². The summed E-state index contributed by atoms with van der Waals surface area (Å²) in [5, 5.41) is 1.53. The molecule has 0 spiro atoms. The third kappa shape index (κ3) is 4.16. The van der Waals surface area contributed by atoms with Gasteiger partial charge in [-0.1, -0.05) is 17.7 Å². The molecule has 0 bridgehead atoms. The smallest absolute Gasteiger partial charge is 0.321 e. The van der Waals surface area contributed by atoms with Gasteiger partial charge in [0.1, 0.15) is 5.69 Å². The van der Waals surface area contributed by atoms with Crippen LogP contribution in [-0.4, -0.2) is 10.9 Å². The largest absolute Gasteiger partial charge is 0.417 e. The van der Waals surface area contributed by atoms with Crippen LogP contribution in [0.15, 0.2) is 36.5 Å². The Bertz CT molecular complexity index is 773. The SMILES string of the molecule is O=C(Nc1cccc(C(F)(F)F)c1)c1ncc(C(F)(F)F)cc1Cl. The fourth-order valence-electron chi connectivity index (χ4n) is 1.72. The number of carbonyl (C=O) groups is 1. The van der Waals surface area contributed by atoms with Crippen molar-refractivity contribution in [3.63, 3.8) is 0 Å². The molecule has 0 atom stereocenters. The minimum atomic E-state index is -4.69. The molecule has 1 N–H and O–H groups in total. The van der Waals surface area contributed by atoms with E-state index in [4.69, 9.17) is 11.6 Å². The van der Waals surface area contributed by atoms with Crippen molar-refractivity contribution in [3.8, 4) is 0 Å². The highest BCUT2D eigenvalue weighted by molar-refractivity contribution is 6.34. The van der Waals surface area contributed by atoms with Gasteiger partial charge in [-0.15, -0.1) is 0 Å². The lowest BCUT2D eigenvalue weighted by atomic mass is 10.2. The second-order valence-corrected chi connectivity index (χ2v) is 4.99. The van der Waals surface area contributed by atoms with Gasteiger partial charge in [-0.3, -0.25) is 4.79 Å². The van der Waals surface area contributed by atoms with Crippen LogP contribution < -0.4 is 5.32 Å². The number of hydrogen-bond acceptors (Lipinski definition) is 2. The predicted molar refractivity (Wildman–Crippen MR) is 73.6 cm³/mol. The van der Waals surface area contributed by atoms with Gasteiger partial charge < -0.3 is 5.32 Å². The molecule has 0 radical (unpaired) electrons. The van der Waals surface area contributed by atoms with Gasteiger partial charge in [-0.2, -0.15) is 26.3 Å². The number of aromatic nitrogens is 1. The van der Waals surface area contributed by atoms with Crippen molar-refractivity contribution >= 4 is 23.2 Å². The van der Waals surface area contributed by atoms with Gasteiger partial charge in [0, 0.05) is 11.9 Å². The van der Waals surface area contributed by atoms with E-state index in [2.05, 4.69) is 10.3 Å². The van der Waals surface area contributed by atoms with Crippen molar-refractivity contribution in [1.29, 1.82) is 0 Å². The first-order valence-electron chi connectivity index (χ1n) is 6.20. The van der Waals surface area contributed by atoms with Crippen LogP contribution in [-0.2, 0) is 12.4 Å². The molecule has 24 heavy (non-hydrogen) atoms. The van der Waals surface area contributed by atoms with E-state index in [0.29, 0.717) is 18.3 Å². The summed E-state index contributed by atoms with van der Waals surface area (Å²) in [5.74, 6) is -1.03. The Balaban J connectivity index is 2.25. The molecule has 10 heteroatoms. The zero-order chi connectivity index (χ0) is 18.1. The number of carbonyl (C=O) groups excluding carboxylic acids is 1. The van der Waals surface area contributed by atoms with Crippen LogP contribution >= 0.6 is 11.6 Å². The molecule has 0 aliphatic heterocycles. The highest BCUT2D eigenvalue weighted by Crippen LogP contribution is 2.32. The Morgan fingerprint density at radius 2 is 1.62 bits per heavy atom. The van der Waals surface area contributed by atoms with E-state index in [1.54, 1.807) is 0 Å². The van der Waals surface area contributed by atoms with Crippen molar-refractivity contribution in [1.82, 2.24) is 4.98 Å². The quantitative estimate of drug-likeness (QED) is 0.756. The Morgan fingerprint density at radius 3 is 2.17 bits per heavy atom. The summed E-state index contributed by atoms with van der Waals surface area (Å²) in [4.78, 5) is 15.3. The van der Waals surface area contributed by atoms with E-state index >= 15 is 0 Å². The minimum Gasteiger partial charge on any atom is -0.321 e. The number of nitrogens with zero attached hydrogens (tertiary/aromatic N) is 1. The van der Waals surface area contributed by atoms with Gasteiger partial charge in [-0.05, 0) is 24.3 Å².